The van der Waals surface area contributed by atoms with Crippen LogP contribution in [0.4, 0.5) is 0 Å². The zero-order valence-corrected chi connectivity index (χ0v) is 9.19. The summed E-state index contributed by atoms with van der Waals surface area (Å²) in [5.74, 6) is -0.386. The van der Waals surface area contributed by atoms with Crippen molar-refractivity contribution in [3.8, 4) is 0 Å². The van der Waals surface area contributed by atoms with Gasteiger partial charge in [-0.05, 0) is 6.07 Å². The smallest absolute Gasteiger partial charge is 0.267 e. The quantitative estimate of drug-likeness (QED) is 0.645. The molecule has 0 atom stereocenters. The summed E-state index contributed by atoms with van der Waals surface area (Å²) in [5.41, 5.74) is 3.62. The molecule has 0 bridgehead atoms. The van der Waals surface area contributed by atoms with Crippen molar-refractivity contribution in [2.75, 3.05) is 6.54 Å². The van der Waals surface area contributed by atoms with Crippen LogP contribution in [-0.4, -0.2) is 34.3 Å². The molecule has 0 saturated carbocycles. The second-order valence-electron chi connectivity index (χ2n) is 3.68. The minimum atomic E-state index is -0.232. The second-order valence-corrected chi connectivity index (χ2v) is 3.68. The first-order chi connectivity index (χ1) is 8.25. The largest absolute Gasteiger partial charge is 0.351 e. The number of aromatic nitrogens is 2. The van der Waals surface area contributed by atoms with Crippen LogP contribution in [0.1, 0.15) is 18.5 Å². The van der Waals surface area contributed by atoms with E-state index in [2.05, 4.69) is 26.0 Å². The third-order valence-corrected chi connectivity index (χ3v) is 2.40. The van der Waals surface area contributed by atoms with Crippen molar-refractivity contribution in [3.63, 3.8) is 0 Å². The molecule has 0 aliphatic carbocycles. The number of hydrogen-bond acceptors (Lipinski definition) is 4. The fraction of sp³-hybridized carbons (Fsp3) is 0.400. The molecule has 1 aromatic heterocycles. The Labute approximate surface area is 97.7 Å². The highest BCUT2D eigenvalue weighted by atomic mass is 16.2. The molecule has 17 heavy (non-hydrogen) atoms. The molecule has 2 amide bonds. The third-order valence-electron chi connectivity index (χ3n) is 2.40. The maximum atomic E-state index is 11.6. The molecule has 7 nitrogen and oxygen atoms in total. The Morgan fingerprint density at radius 3 is 3.00 bits per heavy atom. The summed E-state index contributed by atoms with van der Waals surface area (Å²) in [6.07, 6.45) is 3.05. The number of H-pyrrole nitrogens is 1. The number of hydrazone groups is 1. The first kappa shape index (κ1) is 11.3. The van der Waals surface area contributed by atoms with E-state index in [0.717, 1.165) is 5.69 Å². The summed E-state index contributed by atoms with van der Waals surface area (Å²) in [6.45, 7) is 0.508. The summed E-state index contributed by atoms with van der Waals surface area (Å²) in [5, 5.41) is 13.1. The number of nitrogens with zero attached hydrogens (tertiary/aromatic N) is 2. The van der Waals surface area contributed by atoms with Crippen molar-refractivity contribution in [2.45, 2.75) is 19.3 Å². The van der Waals surface area contributed by atoms with Gasteiger partial charge < -0.3 is 5.32 Å². The molecule has 0 spiro atoms. The lowest BCUT2D eigenvalue weighted by Crippen LogP contribution is -2.37. The monoisotopic (exact) mass is 235 g/mol. The van der Waals surface area contributed by atoms with E-state index in [1.165, 1.54) is 0 Å². The van der Waals surface area contributed by atoms with Crippen molar-refractivity contribution in [3.05, 3.63) is 18.0 Å². The molecule has 2 heterocycles. The Bertz CT molecular complexity index is 438. The van der Waals surface area contributed by atoms with Crippen LogP contribution in [0.2, 0.25) is 0 Å². The van der Waals surface area contributed by atoms with E-state index in [9.17, 15) is 9.59 Å². The van der Waals surface area contributed by atoms with E-state index >= 15 is 0 Å². The molecule has 90 valence electrons. The summed E-state index contributed by atoms with van der Waals surface area (Å²) < 4.78 is 0. The highest BCUT2D eigenvalue weighted by Crippen LogP contribution is 1.99. The van der Waals surface area contributed by atoms with Crippen molar-refractivity contribution in [1.82, 2.24) is 20.9 Å². The van der Waals surface area contributed by atoms with Crippen LogP contribution in [0.15, 0.2) is 17.4 Å². The Hall–Kier alpha value is -2.18. The lowest BCUT2D eigenvalue weighted by atomic mass is 10.1. The van der Waals surface area contributed by atoms with Crippen LogP contribution < -0.4 is 10.7 Å². The van der Waals surface area contributed by atoms with Gasteiger partial charge in [0.2, 0.25) is 5.91 Å². The Balaban J connectivity index is 1.76. The van der Waals surface area contributed by atoms with E-state index in [-0.39, 0.29) is 11.8 Å². The second kappa shape index (κ2) is 5.24. The van der Waals surface area contributed by atoms with Gasteiger partial charge in [0.05, 0.1) is 0 Å². The maximum Gasteiger partial charge on any atom is 0.267 e. The molecular formula is C10H13N5O2. The van der Waals surface area contributed by atoms with Crippen molar-refractivity contribution in [1.29, 1.82) is 0 Å². The van der Waals surface area contributed by atoms with Gasteiger partial charge in [0.1, 0.15) is 5.71 Å². The van der Waals surface area contributed by atoms with Gasteiger partial charge in [0.15, 0.2) is 0 Å². The molecular weight excluding hydrogens is 222 g/mol. The third kappa shape index (κ3) is 3.13. The molecule has 0 radical (unpaired) electrons. The van der Waals surface area contributed by atoms with E-state index in [1.54, 1.807) is 6.20 Å². The summed E-state index contributed by atoms with van der Waals surface area (Å²) in [7, 11) is 0. The van der Waals surface area contributed by atoms with Gasteiger partial charge in [-0.3, -0.25) is 14.7 Å². The molecule has 3 N–H and O–H groups in total. The summed E-state index contributed by atoms with van der Waals surface area (Å²) in [4.78, 5) is 22.5. The minimum Gasteiger partial charge on any atom is -0.351 e. The Kier molecular flexibility index (Phi) is 3.49. The molecule has 7 heteroatoms. The van der Waals surface area contributed by atoms with Crippen LogP contribution >= 0.6 is 0 Å². The van der Waals surface area contributed by atoms with Gasteiger partial charge >= 0.3 is 0 Å². The van der Waals surface area contributed by atoms with Gasteiger partial charge in [-0.15, -0.1) is 0 Å². The van der Waals surface area contributed by atoms with Gasteiger partial charge in [0.25, 0.3) is 5.91 Å². The molecule has 1 aliphatic heterocycles. The number of aromatic amines is 1. The lowest BCUT2D eigenvalue weighted by molar-refractivity contribution is -0.121. The summed E-state index contributed by atoms with van der Waals surface area (Å²) >= 11 is 0. The SMILES string of the molecule is O=C1CCC(C(=O)NCCc2ccn[nH]2)=NN1. The van der Waals surface area contributed by atoms with Crippen molar-refractivity contribution in [2.24, 2.45) is 5.10 Å². The Morgan fingerprint density at radius 2 is 2.35 bits per heavy atom. The number of nitrogens with one attached hydrogen (secondary N) is 3. The van der Waals surface area contributed by atoms with E-state index in [4.69, 9.17) is 0 Å². The predicted molar refractivity (Wildman–Crippen MR) is 60.1 cm³/mol. The first-order valence-electron chi connectivity index (χ1n) is 5.37. The molecule has 1 aliphatic rings. The number of carbonyl (C=O) groups excluding carboxylic acids is 2. The number of carbonyl (C=O) groups is 2. The number of rotatable bonds is 4. The van der Waals surface area contributed by atoms with Crippen LogP contribution in [-0.2, 0) is 16.0 Å². The van der Waals surface area contributed by atoms with E-state index < -0.39 is 0 Å². The molecule has 0 unspecified atom stereocenters. The van der Waals surface area contributed by atoms with Crippen LogP contribution in [0.3, 0.4) is 0 Å². The fourth-order valence-corrected chi connectivity index (χ4v) is 1.47. The van der Waals surface area contributed by atoms with Gasteiger partial charge in [-0.1, -0.05) is 0 Å². The zero-order valence-electron chi connectivity index (χ0n) is 9.19. The predicted octanol–water partition coefficient (Wildman–Crippen LogP) is -0.666. The van der Waals surface area contributed by atoms with Gasteiger partial charge in [-0.25, -0.2) is 5.43 Å². The number of hydrogen-bond donors (Lipinski definition) is 3. The average Bonchev–Trinajstić information content (AvgIpc) is 2.83. The number of amides is 2. The van der Waals surface area contributed by atoms with Gasteiger partial charge in [-0.2, -0.15) is 10.2 Å². The average molecular weight is 235 g/mol. The Morgan fingerprint density at radius 1 is 1.47 bits per heavy atom. The normalized spacial score (nSPS) is 15.1. The van der Waals surface area contributed by atoms with Crippen molar-refractivity contribution >= 4 is 17.5 Å². The highest BCUT2D eigenvalue weighted by Gasteiger charge is 2.17. The fourth-order valence-electron chi connectivity index (χ4n) is 1.47. The maximum absolute atomic E-state index is 11.6. The molecule has 0 aromatic carbocycles. The van der Waals surface area contributed by atoms with Crippen LogP contribution in [0.25, 0.3) is 0 Å². The topological polar surface area (TPSA) is 99.2 Å². The van der Waals surface area contributed by atoms with Gasteiger partial charge in [0, 0.05) is 37.7 Å². The molecule has 0 saturated heterocycles. The summed E-state index contributed by atoms with van der Waals surface area (Å²) in [6, 6.07) is 1.85. The molecule has 2 rings (SSSR count). The molecule has 1 aromatic rings. The standard InChI is InChI=1S/C10H13N5O2/c16-9-2-1-8(14-15-9)10(17)11-5-3-7-4-6-12-13-7/h4,6H,1-3,5H2,(H,11,17)(H,12,13)(H,15,16). The first-order valence-corrected chi connectivity index (χ1v) is 5.37. The van der Waals surface area contributed by atoms with Crippen LogP contribution in [0, 0.1) is 0 Å². The van der Waals surface area contributed by atoms with Crippen LogP contribution in [0.5, 0.6) is 0 Å². The minimum absolute atomic E-state index is 0.154. The lowest BCUT2D eigenvalue weighted by Gasteiger charge is -2.11. The molecule has 0 fully saturated rings. The van der Waals surface area contributed by atoms with E-state index in [1.807, 2.05) is 6.07 Å². The highest BCUT2D eigenvalue weighted by molar-refractivity contribution is 6.39. The van der Waals surface area contributed by atoms with E-state index in [0.29, 0.717) is 31.5 Å². The zero-order chi connectivity index (χ0) is 12.1. The van der Waals surface area contributed by atoms with Crippen molar-refractivity contribution < 1.29 is 9.59 Å².